The summed E-state index contributed by atoms with van der Waals surface area (Å²) in [6.07, 6.45) is 5.80. The first-order chi connectivity index (χ1) is 11.3. The van der Waals surface area contributed by atoms with Crippen molar-refractivity contribution in [1.82, 2.24) is 10.3 Å². The molecule has 2 aromatic rings. The molecule has 2 aliphatic rings. The number of nitrogens with one attached hydrogen (secondary N) is 2. The minimum atomic E-state index is 0.158. The lowest BCUT2D eigenvalue weighted by Crippen LogP contribution is -2.60. The Bertz CT molecular complexity index is 760. The molecule has 1 fully saturated rings. The Balaban J connectivity index is 1.74. The molecule has 4 rings (SSSR count). The molecule has 0 atom stereocenters. The molecule has 1 aromatic carbocycles. The second-order valence-electron chi connectivity index (χ2n) is 8.93. The predicted molar refractivity (Wildman–Crippen MR) is 102 cm³/mol. The fourth-order valence-corrected chi connectivity index (χ4v) is 5.00. The molecule has 0 radical (unpaired) electrons. The second-order valence-corrected chi connectivity index (χ2v) is 8.93. The summed E-state index contributed by atoms with van der Waals surface area (Å²) in [6.45, 7) is 9.27. The molecule has 0 amide bonds. The minimum Gasteiger partial charge on any atom is -0.381 e. The lowest BCUT2D eigenvalue weighted by molar-refractivity contribution is 0.170. The molecular formula is C21H29N3. The number of para-hydroxylation sites is 1. The van der Waals surface area contributed by atoms with Gasteiger partial charge in [0.05, 0.1) is 5.52 Å². The number of hydrogen-bond donors (Lipinski definition) is 2. The largest absolute Gasteiger partial charge is 0.381 e. The van der Waals surface area contributed by atoms with E-state index in [-0.39, 0.29) is 11.1 Å². The van der Waals surface area contributed by atoms with E-state index in [9.17, 15) is 0 Å². The first-order valence-corrected chi connectivity index (χ1v) is 9.29. The van der Waals surface area contributed by atoms with E-state index >= 15 is 0 Å². The molecule has 1 aliphatic heterocycles. The van der Waals surface area contributed by atoms with Crippen molar-refractivity contribution in [2.75, 3.05) is 5.32 Å². The van der Waals surface area contributed by atoms with Crippen molar-refractivity contribution < 1.29 is 0 Å². The summed E-state index contributed by atoms with van der Waals surface area (Å²) in [5.41, 5.74) is 5.57. The third-order valence-corrected chi connectivity index (χ3v) is 5.46. The Morgan fingerprint density at radius 1 is 1.04 bits per heavy atom. The van der Waals surface area contributed by atoms with Gasteiger partial charge in [0.1, 0.15) is 0 Å². The predicted octanol–water partition coefficient (Wildman–Crippen LogP) is 4.44. The number of fused-ring (bicyclic) bond motifs is 2. The monoisotopic (exact) mass is 323 g/mol. The van der Waals surface area contributed by atoms with E-state index in [0.717, 1.165) is 31.2 Å². The average molecular weight is 323 g/mol. The summed E-state index contributed by atoms with van der Waals surface area (Å²) < 4.78 is 0. The molecule has 3 heteroatoms. The lowest BCUT2D eigenvalue weighted by Gasteiger charge is -2.47. The molecule has 0 spiro atoms. The van der Waals surface area contributed by atoms with Crippen molar-refractivity contribution >= 4 is 16.6 Å². The van der Waals surface area contributed by atoms with Gasteiger partial charge in [0, 0.05) is 33.9 Å². The topological polar surface area (TPSA) is 37.0 Å². The summed E-state index contributed by atoms with van der Waals surface area (Å²) in [4.78, 5) is 4.91. The zero-order valence-electron chi connectivity index (χ0n) is 15.4. The van der Waals surface area contributed by atoms with Gasteiger partial charge < -0.3 is 10.6 Å². The average Bonchev–Trinajstić information content (AvgIpc) is 2.91. The first-order valence-electron chi connectivity index (χ1n) is 9.29. The molecule has 128 valence electrons. The van der Waals surface area contributed by atoms with Crippen LogP contribution in [-0.4, -0.2) is 22.1 Å². The molecule has 24 heavy (non-hydrogen) atoms. The van der Waals surface area contributed by atoms with Crippen LogP contribution < -0.4 is 10.6 Å². The number of rotatable bonds is 2. The molecule has 0 unspecified atom stereocenters. The fraction of sp³-hybridized carbons (Fsp3) is 0.571. The lowest BCUT2D eigenvalue weighted by atomic mass is 9.79. The van der Waals surface area contributed by atoms with E-state index in [1.54, 1.807) is 0 Å². The van der Waals surface area contributed by atoms with Gasteiger partial charge in [-0.25, -0.2) is 0 Å². The first kappa shape index (κ1) is 15.9. The standard InChI is InChI=1S/C21H29N3/c1-20(2)12-14(13-21(3,4)24-20)22-19-15-8-5-6-10-17(15)23-18-11-7-9-16(18)19/h5-6,8,10,14,24H,7,9,11-13H2,1-4H3,(H,22,23). The molecule has 2 heterocycles. The van der Waals surface area contributed by atoms with Gasteiger partial charge in [0.2, 0.25) is 0 Å². The van der Waals surface area contributed by atoms with E-state index in [1.165, 1.54) is 28.8 Å². The maximum atomic E-state index is 4.91. The maximum absolute atomic E-state index is 4.91. The Kier molecular flexibility index (Phi) is 3.61. The van der Waals surface area contributed by atoms with Crippen LogP contribution in [0.2, 0.25) is 0 Å². The van der Waals surface area contributed by atoms with Gasteiger partial charge in [-0.1, -0.05) is 18.2 Å². The Labute approximate surface area is 145 Å². The molecular weight excluding hydrogens is 294 g/mol. The highest BCUT2D eigenvalue weighted by Crippen LogP contribution is 2.37. The Morgan fingerprint density at radius 2 is 1.75 bits per heavy atom. The van der Waals surface area contributed by atoms with Crippen molar-refractivity contribution in [3.8, 4) is 0 Å². The number of benzene rings is 1. The zero-order chi connectivity index (χ0) is 16.9. The number of nitrogens with zero attached hydrogens (tertiary/aromatic N) is 1. The van der Waals surface area contributed by atoms with Gasteiger partial charge in [-0.15, -0.1) is 0 Å². The van der Waals surface area contributed by atoms with Crippen LogP contribution in [0.5, 0.6) is 0 Å². The van der Waals surface area contributed by atoms with Gasteiger partial charge in [-0.3, -0.25) is 4.98 Å². The highest BCUT2D eigenvalue weighted by atomic mass is 15.1. The highest BCUT2D eigenvalue weighted by Gasteiger charge is 2.38. The smallest absolute Gasteiger partial charge is 0.0726 e. The summed E-state index contributed by atoms with van der Waals surface area (Å²) >= 11 is 0. The van der Waals surface area contributed by atoms with Crippen LogP contribution in [0.3, 0.4) is 0 Å². The van der Waals surface area contributed by atoms with E-state index in [4.69, 9.17) is 4.98 Å². The number of aromatic nitrogens is 1. The van der Waals surface area contributed by atoms with E-state index in [0.29, 0.717) is 6.04 Å². The minimum absolute atomic E-state index is 0.158. The van der Waals surface area contributed by atoms with Crippen molar-refractivity contribution in [2.45, 2.75) is 76.9 Å². The molecule has 0 bridgehead atoms. The number of piperidine rings is 1. The normalized spacial score (nSPS) is 22.5. The highest BCUT2D eigenvalue weighted by molar-refractivity contribution is 5.93. The number of anilines is 1. The van der Waals surface area contributed by atoms with Crippen molar-refractivity contribution in [3.05, 3.63) is 35.5 Å². The number of pyridine rings is 1. The van der Waals surface area contributed by atoms with Crippen LogP contribution in [0.1, 0.15) is 58.2 Å². The number of hydrogen-bond acceptors (Lipinski definition) is 3. The molecule has 1 aromatic heterocycles. The SMILES string of the molecule is CC1(C)CC(Nc2c3c(nc4ccccc24)CCC3)CC(C)(C)N1. The van der Waals surface area contributed by atoms with Gasteiger partial charge in [-0.2, -0.15) is 0 Å². The second kappa shape index (κ2) is 5.45. The summed E-state index contributed by atoms with van der Waals surface area (Å²) in [6, 6.07) is 9.09. The van der Waals surface area contributed by atoms with Gasteiger partial charge >= 0.3 is 0 Å². The van der Waals surface area contributed by atoms with Crippen molar-refractivity contribution in [2.24, 2.45) is 0 Å². The quantitative estimate of drug-likeness (QED) is 0.857. The van der Waals surface area contributed by atoms with E-state index in [2.05, 4.69) is 62.6 Å². The molecule has 1 aliphatic carbocycles. The summed E-state index contributed by atoms with van der Waals surface area (Å²) in [7, 11) is 0. The van der Waals surface area contributed by atoms with Gasteiger partial charge in [0.25, 0.3) is 0 Å². The van der Waals surface area contributed by atoms with Crippen molar-refractivity contribution in [1.29, 1.82) is 0 Å². The van der Waals surface area contributed by atoms with Crippen LogP contribution in [0.4, 0.5) is 5.69 Å². The molecule has 0 saturated carbocycles. The molecule has 2 N–H and O–H groups in total. The van der Waals surface area contributed by atoms with E-state index in [1.807, 2.05) is 0 Å². The van der Waals surface area contributed by atoms with Crippen LogP contribution >= 0.6 is 0 Å². The Morgan fingerprint density at radius 3 is 2.50 bits per heavy atom. The Hall–Kier alpha value is -1.61. The third kappa shape index (κ3) is 2.90. The third-order valence-electron chi connectivity index (χ3n) is 5.46. The van der Waals surface area contributed by atoms with Crippen molar-refractivity contribution in [3.63, 3.8) is 0 Å². The maximum Gasteiger partial charge on any atom is 0.0726 e. The van der Waals surface area contributed by atoms with Gasteiger partial charge in [0.15, 0.2) is 0 Å². The van der Waals surface area contributed by atoms with E-state index < -0.39 is 0 Å². The summed E-state index contributed by atoms with van der Waals surface area (Å²) in [5.74, 6) is 0. The molecule has 3 nitrogen and oxygen atoms in total. The van der Waals surface area contributed by atoms with Crippen LogP contribution in [0, 0.1) is 0 Å². The zero-order valence-corrected chi connectivity index (χ0v) is 15.4. The van der Waals surface area contributed by atoms with Crippen LogP contribution in [0.15, 0.2) is 24.3 Å². The number of aryl methyl sites for hydroxylation is 1. The fourth-order valence-electron chi connectivity index (χ4n) is 5.00. The van der Waals surface area contributed by atoms with Gasteiger partial charge in [-0.05, 0) is 71.4 Å². The van der Waals surface area contributed by atoms with Crippen LogP contribution in [-0.2, 0) is 12.8 Å². The van der Waals surface area contributed by atoms with Crippen LogP contribution in [0.25, 0.3) is 10.9 Å². The molecule has 1 saturated heterocycles. The summed E-state index contributed by atoms with van der Waals surface area (Å²) in [5, 5.41) is 9.02.